The van der Waals surface area contributed by atoms with Crippen LogP contribution in [-0.4, -0.2) is 16.7 Å². The van der Waals surface area contributed by atoms with Gasteiger partial charge in [-0.05, 0) is 19.3 Å². The monoisotopic (exact) mass is 183 g/mol. The minimum Gasteiger partial charge on any atom is -0.446 e. The third-order valence-electron chi connectivity index (χ3n) is 2.19. The molecule has 1 unspecified atom stereocenters. The molecule has 1 aromatic heterocycles. The smallest absolute Gasteiger partial charge is 0.223 e. The topological polar surface area (TPSA) is 55.5 Å². The summed E-state index contributed by atoms with van der Waals surface area (Å²) in [5.74, 6) is 0.601. The number of hydrogen-bond acceptors (Lipinski definition) is 4. The van der Waals surface area contributed by atoms with E-state index in [1.54, 1.807) is 0 Å². The van der Waals surface area contributed by atoms with Crippen molar-refractivity contribution in [1.29, 1.82) is 0 Å². The van der Waals surface area contributed by atoms with Gasteiger partial charge in [0.2, 0.25) is 5.89 Å². The molecule has 1 aliphatic rings. The highest BCUT2D eigenvalue weighted by atomic mass is 16.5. The van der Waals surface area contributed by atoms with Gasteiger partial charge in [-0.15, -0.1) is 0 Å². The van der Waals surface area contributed by atoms with Crippen molar-refractivity contribution in [2.45, 2.75) is 32.0 Å². The number of aromatic nitrogens is 1. The molecule has 1 atom stereocenters. The van der Waals surface area contributed by atoms with E-state index >= 15 is 0 Å². The molecule has 0 saturated carbocycles. The first-order valence-electron chi connectivity index (χ1n) is 4.57. The fourth-order valence-electron chi connectivity index (χ4n) is 1.48. The van der Waals surface area contributed by atoms with Crippen molar-refractivity contribution < 1.29 is 14.3 Å². The molecule has 13 heavy (non-hydrogen) atoms. The number of oxazole rings is 1. The predicted octanol–water partition coefficient (Wildman–Crippen LogP) is 1.41. The van der Waals surface area contributed by atoms with Gasteiger partial charge < -0.3 is 14.3 Å². The molecule has 4 nitrogen and oxygen atoms in total. The Morgan fingerprint density at radius 2 is 2.46 bits per heavy atom. The number of hydrogen-bond donors (Lipinski definition) is 1. The van der Waals surface area contributed by atoms with Crippen LogP contribution in [0.15, 0.2) is 10.7 Å². The molecule has 1 fully saturated rings. The van der Waals surface area contributed by atoms with Gasteiger partial charge in [-0.2, -0.15) is 0 Å². The van der Waals surface area contributed by atoms with Gasteiger partial charge in [0, 0.05) is 6.61 Å². The van der Waals surface area contributed by atoms with Crippen LogP contribution < -0.4 is 0 Å². The van der Waals surface area contributed by atoms with E-state index in [1.165, 1.54) is 6.26 Å². The molecule has 0 spiro atoms. The quantitative estimate of drug-likeness (QED) is 0.753. The van der Waals surface area contributed by atoms with Gasteiger partial charge in [-0.3, -0.25) is 0 Å². The van der Waals surface area contributed by atoms with Crippen LogP contribution >= 0.6 is 0 Å². The molecule has 72 valence electrons. The minimum absolute atomic E-state index is 0.00551. The molecule has 4 heteroatoms. The Labute approximate surface area is 76.5 Å². The molecule has 0 radical (unpaired) electrons. The normalized spacial score (nSPS) is 23.3. The van der Waals surface area contributed by atoms with Crippen LogP contribution in [-0.2, 0) is 11.3 Å². The van der Waals surface area contributed by atoms with E-state index in [0.29, 0.717) is 11.6 Å². The summed E-state index contributed by atoms with van der Waals surface area (Å²) in [5.41, 5.74) is 0.573. The van der Waals surface area contributed by atoms with Crippen LogP contribution in [0, 0.1) is 0 Å². The van der Waals surface area contributed by atoms with Crippen molar-refractivity contribution in [2.24, 2.45) is 0 Å². The van der Waals surface area contributed by atoms with E-state index in [9.17, 15) is 0 Å². The summed E-state index contributed by atoms with van der Waals surface area (Å²) < 4.78 is 10.7. The van der Waals surface area contributed by atoms with E-state index in [2.05, 4.69) is 4.98 Å². The van der Waals surface area contributed by atoms with E-state index in [-0.39, 0.29) is 12.7 Å². The Balaban J connectivity index is 2.05. The molecule has 2 rings (SSSR count). The van der Waals surface area contributed by atoms with E-state index < -0.39 is 0 Å². The lowest BCUT2D eigenvalue weighted by Crippen LogP contribution is -2.11. The molecule has 1 N–H and O–H groups in total. The lowest BCUT2D eigenvalue weighted by atomic mass is 10.1. The van der Waals surface area contributed by atoms with Crippen molar-refractivity contribution >= 4 is 0 Å². The largest absolute Gasteiger partial charge is 0.446 e. The third-order valence-corrected chi connectivity index (χ3v) is 2.19. The third kappa shape index (κ3) is 1.89. The van der Waals surface area contributed by atoms with Gasteiger partial charge in [0.25, 0.3) is 0 Å². The Bertz CT molecular complexity index is 266. The first kappa shape index (κ1) is 8.72. The summed E-state index contributed by atoms with van der Waals surface area (Å²) in [6, 6.07) is 0. The van der Waals surface area contributed by atoms with Crippen LogP contribution in [0.4, 0.5) is 0 Å². The molecular weight excluding hydrogens is 170 g/mol. The van der Waals surface area contributed by atoms with Crippen molar-refractivity contribution in [2.75, 3.05) is 6.61 Å². The average molecular weight is 183 g/mol. The summed E-state index contributed by atoms with van der Waals surface area (Å²) in [5, 5.41) is 8.79. The van der Waals surface area contributed by atoms with Gasteiger partial charge in [-0.25, -0.2) is 4.98 Å². The average Bonchev–Trinajstić information content (AvgIpc) is 2.67. The van der Waals surface area contributed by atoms with Crippen LogP contribution in [0.1, 0.15) is 37.0 Å². The fourth-order valence-corrected chi connectivity index (χ4v) is 1.48. The molecular formula is C9H13NO3. The minimum atomic E-state index is -0.0732. The molecule has 0 aliphatic carbocycles. The van der Waals surface area contributed by atoms with Gasteiger partial charge >= 0.3 is 0 Å². The van der Waals surface area contributed by atoms with Crippen molar-refractivity contribution in [3.05, 3.63) is 17.8 Å². The molecule has 1 aromatic rings. The highest BCUT2D eigenvalue weighted by molar-refractivity contribution is 4.97. The maximum absolute atomic E-state index is 8.79. The van der Waals surface area contributed by atoms with Crippen molar-refractivity contribution in [3.8, 4) is 0 Å². The number of rotatable bonds is 2. The van der Waals surface area contributed by atoms with Crippen molar-refractivity contribution in [3.63, 3.8) is 0 Å². The first-order valence-corrected chi connectivity index (χ1v) is 4.57. The molecule has 1 saturated heterocycles. The molecule has 0 bridgehead atoms. The van der Waals surface area contributed by atoms with E-state index in [4.69, 9.17) is 14.3 Å². The number of aliphatic hydroxyl groups is 1. The summed E-state index contributed by atoms with van der Waals surface area (Å²) in [6.07, 6.45) is 4.71. The zero-order valence-electron chi connectivity index (χ0n) is 7.40. The first-order chi connectivity index (χ1) is 6.40. The van der Waals surface area contributed by atoms with Gasteiger partial charge in [0.1, 0.15) is 18.1 Å². The van der Waals surface area contributed by atoms with E-state index in [0.717, 1.165) is 25.9 Å². The fraction of sp³-hybridized carbons (Fsp3) is 0.667. The highest BCUT2D eigenvalue weighted by Crippen LogP contribution is 2.26. The van der Waals surface area contributed by atoms with Gasteiger partial charge in [-0.1, -0.05) is 0 Å². The summed E-state index contributed by atoms with van der Waals surface area (Å²) >= 11 is 0. The zero-order chi connectivity index (χ0) is 9.10. The molecule has 0 aromatic carbocycles. The molecule has 1 aliphatic heterocycles. The van der Waals surface area contributed by atoms with Crippen molar-refractivity contribution in [1.82, 2.24) is 4.98 Å². The lowest BCUT2D eigenvalue weighted by Gasteiger charge is -2.19. The zero-order valence-corrected chi connectivity index (χ0v) is 7.40. The van der Waals surface area contributed by atoms with Gasteiger partial charge in [0.15, 0.2) is 0 Å². The van der Waals surface area contributed by atoms with Crippen LogP contribution in [0.25, 0.3) is 0 Å². The molecule has 0 amide bonds. The Kier molecular flexibility index (Phi) is 2.61. The summed E-state index contributed by atoms with van der Waals surface area (Å²) in [4.78, 5) is 4.11. The second kappa shape index (κ2) is 3.89. The standard InChI is InChI=1S/C9H13NO3/c11-5-7-6-13-9(10-7)8-3-1-2-4-12-8/h6,8,11H,1-5H2. The van der Waals surface area contributed by atoms with E-state index in [1.807, 2.05) is 0 Å². The number of aliphatic hydroxyl groups excluding tert-OH is 1. The Morgan fingerprint density at radius 3 is 3.08 bits per heavy atom. The summed E-state index contributed by atoms with van der Waals surface area (Å²) in [6.45, 7) is 0.706. The number of ether oxygens (including phenoxy) is 1. The maximum atomic E-state index is 8.79. The SMILES string of the molecule is OCc1coc(C2CCCCO2)n1. The number of nitrogens with zero attached hydrogens (tertiary/aromatic N) is 1. The Hall–Kier alpha value is -0.870. The second-order valence-electron chi connectivity index (χ2n) is 3.19. The maximum Gasteiger partial charge on any atom is 0.223 e. The van der Waals surface area contributed by atoms with Crippen LogP contribution in [0.2, 0.25) is 0 Å². The van der Waals surface area contributed by atoms with Crippen LogP contribution in [0.5, 0.6) is 0 Å². The second-order valence-corrected chi connectivity index (χ2v) is 3.19. The molecule has 2 heterocycles. The van der Waals surface area contributed by atoms with Gasteiger partial charge in [0.05, 0.1) is 6.61 Å². The van der Waals surface area contributed by atoms with Crippen LogP contribution in [0.3, 0.4) is 0 Å². The summed E-state index contributed by atoms with van der Waals surface area (Å²) in [7, 11) is 0. The lowest BCUT2D eigenvalue weighted by molar-refractivity contribution is -0.00151. The highest BCUT2D eigenvalue weighted by Gasteiger charge is 2.20. The predicted molar refractivity (Wildman–Crippen MR) is 45.0 cm³/mol. The Morgan fingerprint density at radius 1 is 1.54 bits per heavy atom.